The van der Waals surface area contributed by atoms with Crippen LogP contribution in [-0.4, -0.2) is 53.2 Å². The molecule has 0 aliphatic carbocycles. The van der Waals surface area contributed by atoms with Crippen molar-refractivity contribution in [3.05, 3.63) is 64.2 Å². The first-order chi connectivity index (χ1) is 14.9. The van der Waals surface area contributed by atoms with Crippen LogP contribution in [0.4, 0.5) is 0 Å². The van der Waals surface area contributed by atoms with Crippen molar-refractivity contribution >= 4 is 29.1 Å². The third-order valence-corrected chi connectivity index (χ3v) is 5.85. The number of aliphatic hydroxyl groups is 1. The molecule has 7 nitrogen and oxygen atoms in total. The Labute approximate surface area is 184 Å². The monoisotopic (exact) mass is 443 g/mol. The number of methoxy groups -OCH3 is 1. The molecule has 1 amide bonds. The fraction of sp³-hybridized carbons (Fsp3) is 0.304. The SMILES string of the molecule is COc1cc([C@@H]2/C(=C(\O)c3ccc(Cl)cc3)C(=O)C(=O)N2C[C@@H]2CCCO2)ccc1O. The minimum atomic E-state index is -0.852. The molecule has 4 rings (SSSR count). The number of phenols is 1. The number of phenolic OH excluding ortho intramolecular Hbond substituents is 1. The smallest absolute Gasteiger partial charge is 0.295 e. The van der Waals surface area contributed by atoms with Crippen LogP contribution in [0.3, 0.4) is 0 Å². The van der Waals surface area contributed by atoms with Crippen molar-refractivity contribution in [3.63, 3.8) is 0 Å². The molecule has 0 unspecified atom stereocenters. The Hall–Kier alpha value is -3.03. The quantitative estimate of drug-likeness (QED) is 0.416. The summed E-state index contributed by atoms with van der Waals surface area (Å²) in [5, 5.41) is 21.5. The normalized spacial score (nSPS) is 22.8. The molecule has 162 valence electrons. The summed E-state index contributed by atoms with van der Waals surface area (Å²) in [6, 6.07) is 10.1. The van der Waals surface area contributed by atoms with Gasteiger partial charge < -0.3 is 24.6 Å². The van der Waals surface area contributed by atoms with Crippen molar-refractivity contribution in [2.24, 2.45) is 0 Å². The van der Waals surface area contributed by atoms with Crippen LogP contribution < -0.4 is 4.74 Å². The number of aliphatic hydroxyl groups excluding tert-OH is 1. The Morgan fingerprint density at radius 3 is 2.61 bits per heavy atom. The molecule has 2 aliphatic heterocycles. The zero-order valence-electron chi connectivity index (χ0n) is 16.9. The van der Waals surface area contributed by atoms with Crippen LogP contribution in [0, 0.1) is 0 Å². The highest BCUT2D eigenvalue weighted by Crippen LogP contribution is 2.42. The van der Waals surface area contributed by atoms with Gasteiger partial charge in [0.2, 0.25) is 0 Å². The van der Waals surface area contributed by atoms with Gasteiger partial charge in [0, 0.05) is 23.7 Å². The van der Waals surface area contributed by atoms with E-state index in [1.54, 1.807) is 36.4 Å². The fourth-order valence-corrected chi connectivity index (χ4v) is 4.18. The van der Waals surface area contributed by atoms with Crippen LogP contribution in [0.25, 0.3) is 5.76 Å². The molecule has 0 spiro atoms. The Morgan fingerprint density at radius 2 is 1.97 bits per heavy atom. The first kappa shape index (κ1) is 21.2. The molecule has 8 heteroatoms. The van der Waals surface area contributed by atoms with Gasteiger partial charge in [-0.2, -0.15) is 0 Å². The molecule has 2 atom stereocenters. The summed E-state index contributed by atoms with van der Waals surface area (Å²) in [6.07, 6.45) is 1.48. The maximum atomic E-state index is 13.0. The number of halogens is 1. The molecule has 2 heterocycles. The third-order valence-electron chi connectivity index (χ3n) is 5.60. The number of likely N-dealkylation sites (tertiary alicyclic amines) is 1. The van der Waals surface area contributed by atoms with Crippen LogP contribution in [0.5, 0.6) is 11.5 Å². The average Bonchev–Trinajstić information content (AvgIpc) is 3.37. The highest BCUT2D eigenvalue weighted by Gasteiger charge is 2.47. The van der Waals surface area contributed by atoms with E-state index in [1.165, 1.54) is 18.1 Å². The number of amides is 1. The number of Topliss-reactive ketones (excluding diaryl/α,β-unsaturated/α-hetero) is 1. The van der Waals surface area contributed by atoms with Crippen molar-refractivity contribution in [3.8, 4) is 11.5 Å². The lowest BCUT2D eigenvalue weighted by molar-refractivity contribution is -0.140. The first-order valence-electron chi connectivity index (χ1n) is 9.93. The molecule has 0 saturated carbocycles. The van der Waals surface area contributed by atoms with Crippen molar-refractivity contribution in [1.82, 2.24) is 4.90 Å². The minimum absolute atomic E-state index is 0.0296. The second-order valence-corrected chi connectivity index (χ2v) is 7.96. The number of ether oxygens (including phenoxy) is 2. The van der Waals surface area contributed by atoms with E-state index < -0.39 is 17.7 Å². The van der Waals surface area contributed by atoms with E-state index in [4.69, 9.17) is 21.1 Å². The second kappa shape index (κ2) is 8.61. The second-order valence-electron chi connectivity index (χ2n) is 7.52. The molecule has 0 bridgehead atoms. The summed E-state index contributed by atoms with van der Waals surface area (Å²) < 4.78 is 10.9. The number of carbonyl (C=O) groups is 2. The maximum Gasteiger partial charge on any atom is 0.295 e. The van der Waals surface area contributed by atoms with Crippen LogP contribution in [-0.2, 0) is 14.3 Å². The predicted octanol–water partition coefficient (Wildman–Crippen LogP) is 3.65. The van der Waals surface area contributed by atoms with Crippen LogP contribution >= 0.6 is 11.6 Å². The molecule has 31 heavy (non-hydrogen) atoms. The lowest BCUT2D eigenvalue weighted by Gasteiger charge is -2.27. The zero-order valence-corrected chi connectivity index (χ0v) is 17.6. The predicted molar refractivity (Wildman–Crippen MR) is 114 cm³/mol. The van der Waals surface area contributed by atoms with Crippen molar-refractivity contribution in [2.45, 2.75) is 25.0 Å². The number of aromatic hydroxyl groups is 1. The average molecular weight is 444 g/mol. The number of carbonyl (C=O) groups excluding carboxylic acids is 2. The summed E-state index contributed by atoms with van der Waals surface area (Å²) in [4.78, 5) is 27.4. The van der Waals surface area contributed by atoms with Gasteiger partial charge in [0.1, 0.15) is 5.76 Å². The number of ketones is 1. The molecule has 0 aromatic heterocycles. The van der Waals surface area contributed by atoms with E-state index in [0.717, 1.165) is 12.8 Å². The standard InChI is InChI=1S/C23H22ClNO6/c1-30-18-11-14(6-9-17(18)26)20-19(21(27)13-4-7-15(24)8-5-13)22(28)23(29)25(20)12-16-3-2-10-31-16/h4-9,11,16,20,26-27H,2-3,10,12H2,1H3/b21-19+/t16-,20+/m0/s1. The van der Waals surface area contributed by atoms with Gasteiger partial charge in [-0.1, -0.05) is 17.7 Å². The van der Waals surface area contributed by atoms with Crippen LogP contribution in [0.2, 0.25) is 5.02 Å². The molecule has 2 aromatic carbocycles. The van der Waals surface area contributed by atoms with Gasteiger partial charge in [-0.15, -0.1) is 0 Å². The van der Waals surface area contributed by atoms with E-state index in [1.807, 2.05) is 0 Å². The highest BCUT2D eigenvalue weighted by atomic mass is 35.5. The number of rotatable bonds is 5. The number of nitrogens with zero attached hydrogens (tertiary/aromatic N) is 1. The number of hydrogen-bond donors (Lipinski definition) is 2. The van der Waals surface area contributed by atoms with Gasteiger partial charge in [-0.05, 0) is 54.8 Å². The van der Waals surface area contributed by atoms with Crippen molar-refractivity contribution < 1.29 is 29.3 Å². The minimum Gasteiger partial charge on any atom is -0.507 e. The molecule has 2 saturated heterocycles. The topological polar surface area (TPSA) is 96.3 Å². The molecular weight excluding hydrogens is 422 g/mol. The zero-order chi connectivity index (χ0) is 22.1. The fourth-order valence-electron chi connectivity index (χ4n) is 4.05. The maximum absolute atomic E-state index is 13.0. The lowest BCUT2D eigenvalue weighted by atomic mass is 9.95. The Balaban J connectivity index is 1.85. The summed E-state index contributed by atoms with van der Waals surface area (Å²) in [5.74, 6) is -1.64. The summed E-state index contributed by atoms with van der Waals surface area (Å²) in [5.41, 5.74) is 0.871. The number of hydrogen-bond acceptors (Lipinski definition) is 6. The summed E-state index contributed by atoms with van der Waals surface area (Å²) >= 11 is 5.94. The van der Waals surface area contributed by atoms with Gasteiger partial charge in [-0.25, -0.2) is 0 Å². The van der Waals surface area contributed by atoms with Gasteiger partial charge in [0.15, 0.2) is 11.5 Å². The highest BCUT2D eigenvalue weighted by molar-refractivity contribution is 6.46. The molecular formula is C23H22ClNO6. The first-order valence-corrected chi connectivity index (χ1v) is 10.3. The summed E-state index contributed by atoms with van der Waals surface area (Å²) in [7, 11) is 1.41. The van der Waals surface area contributed by atoms with Gasteiger partial charge in [-0.3, -0.25) is 9.59 Å². The Bertz CT molecular complexity index is 1040. The molecule has 2 aromatic rings. The third kappa shape index (κ3) is 3.98. The van der Waals surface area contributed by atoms with Gasteiger partial charge >= 0.3 is 0 Å². The largest absolute Gasteiger partial charge is 0.507 e. The Kier molecular flexibility index (Phi) is 5.89. The summed E-state index contributed by atoms with van der Waals surface area (Å²) in [6.45, 7) is 0.826. The van der Waals surface area contributed by atoms with E-state index in [9.17, 15) is 19.8 Å². The van der Waals surface area contributed by atoms with Gasteiger partial charge in [0.25, 0.3) is 11.7 Å². The van der Waals surface area contributed by atoms with E-state index >= 15 is 0 Å². The molecule has 2 N–H and O–H groups in total. The molecule has 0 radical (unpaired) electrons. The lowest BCUT2D eigenvalue weighted by Crippen LogP contribution is -2.36. The van der Waals surface area contributed by atoms with Crippen LogP contribution in [0.1, 0.15) is 30.0 Å². The number of benzene rings is 2. The van der Waals surface area contributed by atoms with Crippen molar-refractivity contribution in [1.29, 1.82) is 0 Å². The molecule has 2 fully saturated rings. The van der Waals surface area contributed by atoms with E-state index in [-0.39, 0.29) is 35.5 Å². The van der Waals surface area contributed by atoms with Crippen molar-refractivity contribution in [2.75, 3.05) is 20.3 Å². The molecule has 2 aliphatic rings. The van der Waals surface area contributed by atoms with E-state index in [0.29, 0.717) is 22.8 Å². The van der Waals surface area contributed by atoms with Crippen LogP contribution in [0.15, 0.2) is 48.0 Å². The Morgan fingerprint density at radius 1 is 1.23 bits per heavy atom. The van der Waals surface area contributed by atoms with E-state index in [2.05, 4.69) is 0 Å². The van der Waals surface area contributed by atoms with Gasteiger partial charge in [0.05, 0.1) is 24.8 Å².